The summed E-state index contributed by atoms with van der Waals surface area (Å²) in [5, 5.41) is 7.63. The summed E-state index contributed by atoms with van der Waals surface area (Å²) in [5.74, 6) is 0.662. The fourth-order valence-electron chi connectivity index (χ4n) is 2.35. The van der Waals surface area contributed by atoms with Crippen LogP contribution in [0, 0.1) is 5.92 Å². The molecule has 0 saturated carbocycles. The van der Waals surface area contributed by atoms with E-state index in [-0.39, 0.29) is 0 Å². The summed E-state index contributed by atoms with van der Waals surface area (Å²) in [5.41, 5.74) is 1.19. The summed E-state index contributed by atoms with van der Waals surface area (Å²) in [6.45, 7) is 8.67. The molecule has 94 valence electrons. The van der Waals surface area contributed by atoms with Gasteiger partial charge in [-0.2, -0.15) is 5.10 Å². The molecule has 1 fully saturated rings. The highest BCUT2D eigenvalue weighted by molar-refractivity contribution is 5.17. The Hall–Kier alpha value is -1.13. The Morgan fingerprint density at radius 2 is 2.59 bits per heavy atom. The van der Waals surface area contributed by atoms with Crippen LogP contribution in [-0.2, 0) is 11.3 Å². The monoisotopic (exact) mass is 235 g/mol. The van der Waals surface area contributed by atoms with Gasteiger partial charge in [-0.3, -0.25) is 0 Å². The number of hydrogen-bond acceptors (Lipinski definition) is 3. The van der Waals surface area contributed by atoms with E-state index in [2.05, 4.69) is 23.9 Å². The summed E-state index contributed by atoms with van der Waals surface area (Å²) in [7, 11) is 0. The van der Waals surface area contributed by atoms with E-state index in [0.717, 1.165) is 26.1 Å². The van der Waals surface area contributed by atoms with Gasteiger partial charge < -0.3 is 10.1 Å². The Morgan fingerprint density at radius 1 is 1.71 bits per heavy atom. The highest BCUT2D eigenvalue weighted by Gasteiger charge is 2.25. The molecule has 0 aromatic carbocycles. The number of hydrogen-bond donors (Lipinski definition) is 1. The molecule has 1 aliphatic rings. The Bertz CT molecular complexity index is 361. The second-order valence-corrected chi connectivity index (χ2v) is 4.51. The maximum absolute atomic E-state index is 5.67. The predicted octanol–water partition coefficient (Wildman–Crippen LogP) is 1.89. The molecule has 1 N–H and O–H groups in total. The van der Waals surface area contributed by atoms with Crippen LogP contribution in [0.25, 0.3) is 6.20 Å². The minimum absolute atomic E-state index is 0.443. The highest BCUT2D eigenvalue weighted by Crippen LogP contribution is 2.22. The first kappa shape index (κ1) is 12.3. The van der Waals surface area contributed by atoms with Gasteiger partial charge in [0, 0.05) is 37.7 Å². The lowest BCUT2D eigenvalue weighted by Crippen LogP contribution is -2.27. The fraction of sp³-hybridized carbons (Fsp3) is 0.615. The van der Waals surface area contributed by atoms with Gasteiger partial charge >= 0.3 is 0 Å². The quantitative estimate of drug-likeness (QED) is 0.818. The number of rotatable bonds is 6. The molecule has 2 unspecified atom stereocenters. The van der Waals surface area contributed by atoms with E-state index < -0.39 is 0 Å². The molecule has 1 aromatic heterocycles. The third-order valence-corrected chi connectivity index (χ3v) is 3.33. The average Bonchev–Trinajstić information content (AvgIpc) is 2.97. The molecule has 0 radical (unpaired) electrons. The number of nitrogens with one attached hydrogen (secondary N) is 1. The standard InChI is InChI=1S/C13H21N3O/c1-3-13-12(5-6-17-13)9-14-7-11-8-15-16(4-2)10-11/h4,8,10,12-14H,2-3,5-7,9H2,1H3. The molecular formula is C13H21N3O. The largest absolute Gasteiger partial charge is 0.378 e. The van der Waals surface area contributed by atoms with Gasteiger partial charge in [0.2, 0.25) is 0 Å². The van der Waals surface area contributed by atoms with E-state index >= 15 is 0 Å². The molecule has 2 rings (SSSR count). The summed E-state index contributed by atoms with van der Waals surface area (Å²) in [6.07, 6.45) is 8.29. The third kappa shape index (κ3) is 3.17. The molecule has 1 saturated heterocycles. The molecule has 0 spiro atoms. The van der Waals surface area contributed by atoms with E-state index in [0.29, 0.717) is 12.0 Å². The first-order chi connectivity index (χ1) is 8.33. The molecule has 4 nitrogen and oxygen atoms in total. The number of nitrogens with zero attached hydrogens (tertiary/aromatic N) is 2. The Balaban J connectivity index is 1.73. The molecule has 2 heterocycles. The van der Waals surface area contributed by atoms with Crippen molar-refractivity contribution in [2.75, 3.05) is 13.2 Å². The maximum atomic E-state index is 5.67. The Morgan fingerprint density at radius 3 is 3.29 bits per heavy atom. The van der Waals surface area contributed by atoms with Gasteiger partial charge in [-0.25, -0.2) is 4.68 Å². The van der Waals surface area contributed by atoms with Crippen LogP contribution < -0.4 is 5.32 Å². The Labute approximate surface area is 103 Å². The van der Waals surface area contributed by atoms with Crippen molar-refractivity contribution in [2.24, 2.45) is 5.92 Å². The molecule has 4 heteroatoms. The lowest BCUT2D eigenvalue weighted by atomic mass is 10.00. The topological polar surface area (TPSA) is 39.1 Å². The molecule has 2 atom stereocenters. The van der Waals surface area contributed by atoms with Crippen LogP contribution in [0.2, 0.25) is 0 Å². The predicted molar refractivity (Wildman–Crippen MR) is 68.5 cm³/mol. The van der Waals surface area contributed by atoms with Gasteiger partial charge in [0.1, 0.15) is 0 Å². The lowest BCUT2D eigenvalue weighted by molar-refractivity contribution is 0.0872. The molecule has 1 aromatic rings. The van der Waals surface area contributed by atoms with Gasteiger partial charge in [-0.15, -0.1) is 0 Å². The van der Waals surface area contributed by atoms with E-state index in [1.807, 2.05) is 12.4 Å². The number of aromatic nitrogens is 2. The maximum Gasteiger partial charge on any atom is 0.0613 e. The van der Waals surface area contributed by atoms with Crippen LogP contribution in [0.3, 0.4) is 0 Å². The van der Waals surface area contributed by atoms with Crippen LogP contribution in [-0.4, -0.2) is 29.0 Å². The SMILES string of the molecule is C=Cn1cc(CNCC2CCOC2CC)cn1. The van der Waals surface area contributed by atoms with Crippen molar-refractivity contribution in [3.63, 3.8) is 0 Å². The normalized spacial score (nSPS) is 24.1. The molecule has 1 aliphatic heterocycles. The molecule has 17 heavy (non-hydrogen) atoms. The van der Waals surface area contributed by atoms with Crippen LogP contribution in [0.15, 0.2) is 19.0 Å². The lowest BCUT2D eigenvalue weighted by Gasteiger charge is -2.16. The van der Waals surface area contributed by atoms with Crippen LogP contribution in [0.1, 0.15) is 25.3 Å². The smallest absolute Gasteiger partial charge is 0.0613 e. The van der Waals surface area contributed by atoms with Crippen molar-refractivity contribution in [2.45, 2.75) is 32.4 Å². The fourth-order valence-corrected chi connectivity index (χ4v) is 2.35. The molecule has 0 amide bonds. The summed E-state index contributed by atoms with van der Waals surface area (Å²) < 4.78 is 7.40. The van der Waals surface area contributed by atoms with Gasteiger partial charge in [0.05, 0.1) is 12.3 Å². The summed E-state index contributed by atoms with van der Waals surface area (Å²) in [6, 6.07) is 0. The van der Waals surface area contributed by atoms with Crippen LogP contribution >= 0.6 is 0 Å². The van der Waals surface area contributed by atoms with E-state index in [4.69, 9.17) is 4.74 Å². The van der Waals surface area contributed by atoms with Crippen molar-refractivity contribution < 1.29 is 4.74 Å². The van der Waals surface area contributed by atoms with Crippen molar-refractivity contribution >= 4 is 6.20 Å². The third-order valence-electron chi connectivity index (χ3n) is 3.33. The minimum Gasteiger partial charge on any atom is -0.378 e. The Kier molecular flexibility index (Phi) is 4.34. The second kappa shape index (κ2) is 5.98. The van der Waals surface area contributed by atoms with Crippen molar-refractivity contribution in [1.29, 1.82) is 0 Å². The first-order valence-electron chi connectivity index (χ1n) is 6.31. The second-order valence-electron chi connectivity index (χ2n) is 4.51. The average molecular weight is 235 g/mol. The van der Waals surface area contributed by atoms with E-state index in [9.17, 15) is 0 Å². The zero-order valence-corrected chi connectivity index (χ0v) is 10.4. The highest BCUT2D eigenvalue weighted by atomic mass is 16.5. The van der Waals surface area contributed by atoms with Gasteiger partial charge in [-0.1, -0.05) is 13.5 Å². The molecular weight excluding hydrogens is 214 g/mol. The first-order valence-corrected chi connectivity index (χ1v) is 6.31. The summed E-state index contributed by atoms with van der Waals surface area (Å²) >= 11 is 0. The zero-order chi connectivity index (χ0) is 12.1. The minimum atomic E-state index is 0.443. The number of ether oxygens (including phenoxy) is 1. The van der Waals surface area contributed by atoms with E-state index in [1.165, 1.54) is 12.0 Å². The van der Waals surface area contributed by atoms with Crippen LogP contribution in [0.4, 0.5) is 0 Å². The van der Waals surface area contributed by atoms with E-state index in [1.54, 1.807) is 10.9 Å². The van der Waals surface area contributed by atoms with Crippen LogP contribution in [0.5, 0.6) is 0 Å². The molecule has 0 aliphatic carbocycles. The summed E-state index contributed by atoms with van der Waals surface area (Å²) in [4.78, 5) is 0. The van der Waals surface area contributed by atoms with Gasteiger partial charge in [0.25, 0.3) is 0 Å². The van der Waals surface area contributed by atoms with Crippen molar-refractivity contribution in [1.82, 2.24) is 15.1 Å². The molecule has 0 bridgehead atoms. The zero-order valence-electron chi connectivity index (χ0n) is 10.4. The van der Waals surface area contributed by atoms with Crippen molar-refractivity contribution in [3.05, 3.63) is 24.5 Å². The van der Waals surface area contributed by atoms with Crippen molar-refractivity contribution in [3.8, 4) is 0 Å². The van der Waals surface area contributed by atoms with Gasteiger partial charge in [0.15, 0.2) is 0 Å². The van der Waals surface area contributed by atoms with Gasteiger partial charge in [-0.05, 0) is 18.8 Å².